The van der Waals surface area contributed by atoms with E-state index in [1.807, 2.05) is 28.8 Å². The standard InChI is InChI=1S/C8H12IN3OS/c1-5(3-14-2)12-7-6(9)8(13)11-4-10-7/h4-5H,3H2,1-2H3,(H2,10,11,12,13). The van der Waals surface area contributed by atoms with Crippen LogP contribution in [0.5, 0.6) is 0 Å². The van der Waals surface area contributed by atoms with E-state index in [1.165, 1.54) is 6.33 Å². The minimum absolute atomic E-state index is 0.0977. The summed E-state index contributed by atoms with van der Waals surface area (Å²) in [7, 11) is 0. The Hall–Kier alpha value is -0.240. The van der Waals surface area contributed by atoms with Crippen molar-refractivity contribution < 1.29 is 0 Å². The van der Waals surface area contributed by atoms with Crippen LogP contribution in [0.2, 0.25) is 0 Å². The Kier molecular flexibility index (Phi) is 4.73. The Balaban J connectivity index is 2.76. The molecule has 1 aromatic heterocycles. The highest BCUT2D eigenvalue weighted by atomic mass is 127. The lowest BCUT2D eigenvalue weighted by molar-refractivity contribution is 0.894. The van der Waals surface area contributed by atoms with Crippen molar-refractivity contribution in [3.05, 3.63) is 20.3 Å². The maximum absolute atomic E-state index is 11.2. The molecule has 0 aliphatic carbocycles. The molecule has 14 heavy (non-hydrogen) atoms. The number of thioether (sulfide) groups is 1. The molecule has 0 saturated carbocycles. The highest BCUT2D eigenvalue weighted by molar-refractivity contribution is 14.1. The third-order valence-corrected chi connectivity index (χ3v) is 3.43. The van der Waals surface area contributed by atoms with E-state index < -0.39 is 0 Å². The number of hydrogen-bond acceptors (Lipinski definition) is 4. The van der Waals surface area contributed by atoms with Gasteiger partial charge in [0.2, 0.25) is 0 Å². The summed E-state index contributed by atoms with van der Waals surface area (Å²) in [5.74, 6) is 1.65. The summed E-state index contributed by atoms with van der Waals surface area (Å²) in [6, 6.07) is 0.313. The van der Waals surface area contributed by atoms with Crippen molar-refractivity contribution in [3.63, 3.8) is 0 Å². The first kappa shape index (κ1) is 11.8. The average molecular weight is 325 g/mol. The van der Waals surface area contributed by atoms with Gasteiger partial charge in [-0.1, -0.05) is 0 Å². The molecule has 0 aromatic carbocycles. The van der Waals surface area contributed by atoms with Gasteiger partial charge in [-0.25, -0.2) is 4.98 Å². The van der Waals surface area contributed by atoms with Crippen LogP contribution >= 0.6 is 34.4 Å². The number of hydrogen-bond donors (Lipinski definition) is 2. The van der Waals surface area contributed by atoms with Crippen LogP contribution in [0.4, 0.5) is 5.82 Å². The summed E-state index contributed by atoms with van der Waals surface area (Å²) in [5, 5.41) is 3.19. The van der Waals surface area contributed by atoms with Crippen molar-refractivity contribution in [1.29, 1.82) is 0 Å². The highest BCUT2D eigenvalue weighted by Crippen LogP contribution is 2.11. The number of rotatable bonds is 4. The second kappa shape index (κ2) is 5.59. The van der Waals surface area contributed by atoms with Gasteiger partial charge in [-0.05, 0) is 35.8 Å². The van der Waals surface area contributed by atoms with Gasteiger partial charge in [0.25, 0.3) is 5.56 Å². The van der Waals surface area contributed by atoms with Gasteiger partial charge in [0.15, 0.2) is 0 Å². The molecule has 6 heteroatoms. The third-order valence-electron chi connectivity index (χ3n) is 1.60. The third kappa shape index (κ3) is 3.16. The lowest BCUT2D eigenvalue weighted by Gasteiger charge is -2.13. The van der Waals surface area contributed by atoms with E-state index in [9.17, 15) is 4.79 Å². The maximum atomic E-state index is 11.2. The van der Waals surface area contributed by atoms with E-state index >= 15 is 0 Å². The van der Waals surface area contributed by atoms with Gasteiger partial charge in [0, 0.05) is 11.8 Å². The van der Waals surface area contributed by atoms with Crippen molar-refractivity contribution >= 4 is 40.2 Å². The fraction of sp³-hybridized carbons (Fsp3) is 0.500. The molecule has 1 aromatic rings. The van der Waals surface area contributed by atoms with Crippen LogP contribution < -0.4 is 10.9 Å². The molecule has 0 fully saturated rings. The van der Waals surface area contributed by atoms with E-state index in [0.717, 1.165) is 5.75 Å². The number of nitrogens with one attached hydrogen (secondary N) is 2. The molecule has 1 unspecified atom stereocenters. The van der Waals surface area contributed by atoms with Gasteiger partial charge in [-0.2, -0.15) is 11.8 Å². The monoisotopic (exact) mass is 325 g/mol. The number of aromatic nitrogens is 2. The molecule has 1 heterocycles. The molecule has 0 bridgehead atoms. The number of H-pyrrole nitrogens is 1. The van der Waals surface area contributed by atoms with Crippen LogP contribution in [-0.4, -0.2) is 28.0 Å². The summed E-state index contributed by atoms with van der Waals surface area (Å²) in [5.41, 5.74) is -0.0977. The van der Waals surface area contributed by atoms with Crippen molar-refractivity contribution in [2.75, 3.05) is 17.3 Å². The Bertz CT molecular complexity index is 355. The second-order valence-corrected chi connectivity index (χ2v) is 4.88. The minimum Gasteiger partial charge on any atom is -0.366 e. The first-order chi connectivity index (χ1) is 6.65. The number of halogens is 1. The molecule has 0 amide bonds. The molecule has 1 rings (SSSR count). The number of anilines is 1. The van der Waals surface area contributed by atoms with Crippen LogP contribution in [0.1, 0.15) is 6.92 Å². The van der Waals surface area contributed by atoms with E-state index in [1.54, 1.807) is 11.8 Å². The molecule has 1 atom stereocenters. The lowest BCUT2D eigenvalue weighted by atomic mass is 10.4. The molecule has 0 aliphatic rings. The second-order valence-electron chi connectivity index (χ2n) is 2.89. The number of aromatic amines is 1. The predicted molar refractivity (Wildman–Crippen MR) is 69.0 cm³/mol. The molecular formula is C8H12IN3OS. The molecule has 78 valence electrons. The molecule has 0 saturated heterocycles. The quantitative estimate of drug-likeness (QED) is 0.825. The molecule has 4 nitrogen and oxygen atoms in total. The Morgan fingerprint density at radius 1 is 1.79 bits per heavy atom. The van der Waals surface area contributed by atoms with E-state index in [2.05, 4.69) is 22.2 Å². The number of nitrogens with zero attached hydrogens (tertiary/aromatic N) is 1. The van der Waals surface area contributed by atoms with Crippen molar-refractivity contribution in [1.82, 2.24) is 9.97 Å². The van der Waals surface area contributed by atoms with Gasteiger partial charge >= 0.3 is 0 Å². The Labute approximate surface area is 100 Å². The first-order valence-corrected chi connectivity index (χ1v) is 6.61. The van der Waals surface area contributed by atoms with Crippen LogP contribution in [0, 0.1) is 3.57 Å². The summed E-state index contributed by atoms with van der Waals surface area (Å²) in [6.45, 7) is 2.06. The fourth-order valence-corrected chi connectivity index (χ4v) is 2.04. The van der Waals surface area contributed by atoms with Gasteiger partial charge in [-0.15, -0.1) is 0 Å². The van der Waals surface area contributed by atoms with Crippen molar-refractivity contribution in [2.24, 2.45) is 0 Å². The first-order valence-electron chi connectivity index (χ1n) is 4.13. The zero-order valence-electron chi connectivity index (χ0n) is 8.00. The molecule has 0 spiro atoms. The zero-order chi connectivity index (χ0) is 10.6. The molecule has 0 radical (unpaired) electrons. The summed E-state index contributed by atoms with van der Waals surface area (Å²) in [4.78, 5) is 17.8. The van der Waals surface area contributed by atoms with E-state index in [-0.39, 0.29) is 5.56 Å². The van der Waals surface area contributed by atoms with Crippen LogP contribution in [0.15, 0.2) is 11.1 Å². The predicted octanol–water partition coefficient (Wildman–Crippen LogP) is 1.54. The minimum atomic E-state index is -0.0977. The smallest absolute Gasteiger partial charge is 0.266 e. The average Bonchev–Trinajstić information content (AvgIpc) is 2.13. The van der Waals surface area contributed by atoms with Gasteiger partial charge in [0.1, 0.15) is 9.39 Å². The van der Waals surface area contributed by atoms with Crippen molar-refractivity contribution in [2.45, 2.75) is 13.0 Å². The lowest BCUT2D eigenvalue weighted by Crippen LogP contribution is -2.22. The van der Waals surface area contributed by atoms with E-state index in [0.29, 0.717) is 15.4 Å². The van der Waals surface area contributed by atoms with Crippen LogP contribution in [0.25, 0.3) is 0 Å². The molecule has 0 aliphatic heterocycles. The molecular weight excluding hydrogens is 313 g/mol. The van der Waals surface area contributed by atoms with Gasteiger partial charge in [-0.3, -0.25) is 4.79 Å². The zero-order valence-corrected chi connectivity index (χ0v) is 11.0. The highest BCUT2D eigenvalue weighted by Gasteiger charge is 2.07. The SMILES string of the molecule is CSCC(C)Nc1nc[nH]c(=O)c1I. The van der Waals surface area contributed by atoms with Gasteiger partial charge < -0.3 is 10.3 Å². The topological polar surface area (TPSA) is 57.8 Å². The Morgan fingerprint density at radius 2 is 2.50 bits per heavy atom. The summed E-state index contributed by atoms with van der Waals surface area (Å²) < 4.78 is 0.609. The van der Waals surface area contributed by atoms with Gasteiger partial charge in [0.05, 0.1) is 6.33 Å². The van der Waals surface area contributed by atoms with E-state index in [4.69, 9.17) is 0 Å². The summed E-state index contributed by atoms with van der Waals surface area (Å²) in [6.07, 6.45) is 3.47. The molecule has 2 N–H and O–H groups in total. The Morgan fingerprint density at radius 3 is 3.14 bits per heavy atom. The maximum Gasteiger partial charge on any atom is 0.266 e. The summed E-state index contributed by atoms with van der Waals surface area (Å²) >= 11 is 3.75. The van der Waals surface area contributed by atoms with Crippen molar-refractivity contribution in [3.8, 4) is 0 Å². The normalized spacial score (nSPS) is 12.5. The van der Waals surface area contributed by atoms with Crippen LogP contribution in [-0.2, 0) is 0 Å². The fourth-order valence-electron chi connectivity index (χ4n) is 1.01. The van der Waals surface area contributed by atoms with Crippen LogP contribution in [0.3, 0.4) is 0 Å². The largest absolute Gasteiger partial charge is 0.366 e.